The van der Waals surface area contributed by atoms with Gasteiger partial charge in [-0.3, -0.25) is 4.79 Å². The first kappa shape index (κ1) is 11.2. The van der Waals surface area contributed by atoms with Gasteiger partial charge in [-0.2, -0.15) is 5.26 Å². The molecule has 0 aliphatic rings. The molecular weight excluding hydrogens is 216 g/mol. The van der Waals surface area contributed by atoms with Gasteiger partial charge in [0, 0.05) is 19.1 Å². The standard InChI is InChI=1S/C9H10N2OS2/c1-6-8(7(2)12)14-9(11-6)13-5-3-4-10/h3,5H2,1-2H3. The molecule has 0 spiro atoms. The van der Waals surface area contributed by atoms with Crippen LogP contribution in [-0.4, -0.2) is 16.5 Å². The smallest absolute Gasteiger partial charge is 0.171 e. The van der Waals surface area contributed by atoms with E-state index in [1.54, 1.807) is 6.92 Å². The molecule has 0 N–H and O–H groups in total. The summed E-state index contributed by atoms with van der Waals surface area (Å²) >= 11 is 2.94. The van der Waals surface area contributed by atoms with Gasteiger partial charge in [0.15, 0.2) is 10.1 Å². The van der Waals surface area contributed by atoms with Gasteiger partial charge in [-0.15, -0.1) is 11.3 Å². The number of hydrogen-bond donors (Lipinski definition) is 0. The molecule has 0 unspecified atom stereocenters. The molecular formula is C9H10N2OS2. The predicted molar refractivity (Wildman–Crippen MR) is 57.8 cm³/mol. The summed E-state index contributed by atoms with van der Waals surface area (Å²) in [5, 5.41) is 8.36. The fourth-order valence-electron chi connectivity index (χ4n) is 0.944. The van der Waals surface area contributed by atoms with E-state index in [9.17, 15) is 4.79 Å². The van der Waals surface area contributed by atoms with Crippen LogP contribution in [0.5, 0.6) is 0 Å². The van der Waals surface area contributed by atoms with Crippen molar-refractivity contribution in [1.29, 1.82) is 5.26 Å². The number of carbonyl (C=O) groups excluding carboxylic acids is 1. The minimum Gasteiger partial charge on any atom is -0.294 e. The summed E-state index contributed by atoms with van der Waals surface area (Å²) in [7, 11) is 0. The molecule has 0 aliphatic heterocycles. The molecule has 0 saturated carbocycles. The Kier molecular flexibility index (Phi) is 4.11. The number of rotatable bonds is 4. The minimum atomic E-state index is 0.0622. The van der Waals surface area contributed by atoms with Crippen molar-refractivity contribution in [3.63, 3.8) is 0 Å². The number of Topliss-reactive ketones (excluding diaryl/α,β-unsaturated/α-hetero) is 1. The van der Waals surface area contributed by atoms with Crippen LogP contribution in [-0.2, 0) is 0 Å². The lowest BCUT2D eigenvalue weighted by molar-refractivity contribution is 0.102. The maximum absolute atomic E-state index is 11.1. The zero-order valence-corrected chi connectivity index (χ0v) is 9.67. The van der Waals surface area contributed by atoms with Crippen molar-refractivity contribution < 1.29 is 4.79 Å². The lowest BCUT2D eigenvalue weighted by atomic mass is 10.3. The summed E-state index contributed by atoms with van der Waals surface area (Å²) in [6.07, 6.45) is 0.513. The molecule has 14 heavy (non-hydrogen) atoms. The lowest BCUT2D eigenvalue weighted by Crippen LogP contribution is -1.89. The Labute approximate surface area is 91.2 Å². The summed E-state index contributed by atoms with van der Waals surface area (Å²) in [5.74, 6) is 0.799. The summed E-state index contributed by atoms with van der Waals surface area (Å²) in [6.45, 7) is 3.38. The molecule has 1 heterocycles. The van der Waals surface area contributed by atoms with Crippen LogP contribution in [0.2, 0.25) is 0 Å². The normalized spacial score (nSPS) is 9.79. The number of ketones is 1. The summed E-state index contributed by atoms with van der Waals surface area (Å²) in [5.41, 5.74) is 0.793. The maximum Gasteiger partial charge on any atom is 0.171 e. The topological polar surface area (TPSA) is 53.8 Å². The second kappa shape index (κ2) is 5.13. The Morgan fingerprint density at radius 3 is 2.93 bits per heavy atom. The van der Waals surface area contributed by atoms with Gasteiger partial charge in [-0.05, 0) is 6.92 Å². The predicted octanol–water partition coefficient (Wildman–Crippen LogP) is 2.66. The highest BCUT2D eigenvalue weighted by Crippen LogP contribution is 2.27. The molecule has 3 nitrogen and oxygen atoms in total. The molecule has 0 fully saturated rings. The number of nitriles is 1. The molecule has 1 aromatic heterocycles. The molecule has 0 aliphatic carbocycles. The maximum atomic E-state index is 11.1. The van der Waals surface area contributed by atoms with Crippen LogP contribution in [0.4, 0.5) is 0 Å². The van der Waals surface area contributed by atoms with Gasteiger partial charge < -0.3 is 0 Å². The number of carbonyl (C=O) groups is 1. The third kappa shape index (κ3) is 2.82. The van der Waals surface area contributed by atoms with Gasteiger partial charge in [0.05, 0.1) is 16.6 Å². The Morgan fingerprint density at radius 2 is 2.43 bits per heavy atom. The first-order valence-corrected chi connectivity index (χ1v) is 5.93. The third-order valence-electron chi connectivity index (χ3n) is 1.54. The molecule has 0 amide bonds. The van der Waals surface area contributed by atoms with Crippen LogP contribution in [0.25, 0.3) is 0 Å². The van der Waals surface area contributed by atoms with Crippen molar-refractivity contribution in [2.75, 3.05) is 5.75 Å². The van der Waals surface area contributed by atoms with E-state index in [0.717, 1.165) is 20.7 Å². The van der Waals surface area contributed by atoms with Crippen molar-refractivity contribution >= 4 is 28.9 Å². The highest BCUT2D eigenvalue weighted by atomic mass is 32.2. The Bertz CT molecular complexity index is 379. The third-order valence-corrected chi connectivity index (χ3v) is 3.94. The molecule has 5 heteroatoms. The van der Waals surface area contributed by atoms with E-state index in [1.807, 2.05) is 6.92 Å². The Hall–Kier alpha value is -0.860. The fourth-order valence-corrected chi connectivity index (χ4v) is 2.94. The number of nitrogens with zero attached hydrogens (tertiary/aromatic N) is 2. The van der Waals surface area contributed by atoms with Gasteiger partial charge in [0.25, 0.3) is 0 Å². The molecule has 0 aromatic carbocycles. The Balaban J connectivity index is 2.67. The van der Waals surface area contributed by atoms with Crippen molar-refractivity contribution in [2.24, 2.45) is 0 Å². The molecule has 0 atom stereocenters. The number of thioether (sulfide) groups is 1. The van der Waals surface area contributed by atoms with Crippen molar-refractivity contribution in [2.45, 2.75) is 24.6 Å². The van der Waals surface area contributed by atoms with Gasteiger partial charge >= 0.3 is 0 Å². The second-order valence-electron chi connectivity index (χ2n) is 2.71. The molecule has 0 radical (unpaired) electrons. The van der Waals surface area contributed by atoms with Crippen molar-refractivity contribution in [3.8, 4) is 6.07 Å². The van der Waals surface area contributed by atoms with Crippen molar-refractivity contribution in [3.05, 3.63) is 10.6 Å². The van der Waals surface area contributed by atoms with Gasteiger partial charge in [0.2, 0.25) is 0 Å². The molecule has 1 rings (SSSR count). The van der Waals surface area contributed by atoms with Gasteiger partial charge in [-0.1, -0.05) is 11.8 Å². The largest absolute Gasteiger partial charge is 0.294 e. The Morgan fingerprint density at radius 1 is 1.71 bits per heavy atom. The molecule has 1 aromatic rings. The highest BCUT2D eigenvalue weighted by Gasteiger charge is 2.11. The first-order chi connectivity index (χ1) is 6.65. The number of aryl methyl sites for hydroxylation is 1. The quantitative estimate of drug-likeness (QED) is 0.450. The zero-order valence-electron chi connectivity index (χ0n) is 8.03. The van der Waals surface area contributed by atoms with Crippen LogP contribution in [0.1, 0.15) is 28.7 Å². The average molecular weight is 226 g/mol. The number of aromatic nitrogens is 1. The number of thiazole rings is 1. The van der Waals surface area contributed by atoms with Gasteiger partial charge in [0.1, 0.15) is 0 Å². The van der Waals surface area contributed by atoms with Crippen LogP contribution in [0, 0.1) is 18.3 Å². The highest BCUT2D eigenvalue weighted by molar-refractivity contribution is 8.01. The van der Waals surface area contributed by atoms with E-state index in [4.69, 9.17) is 5.26 Å². The van der Waals surface area contributed by atoms with Crippen molar-refractivity contribution in [1.82, 2.24) is 4.98 Å². The van der Waals surface area contributed by atoms with E-state index < -0.39 is 0 Å². The van der Waals surface area contributed by atoms with Crippen LogP contribution in [0.15, 0.2) is 4.34 Å². The SMILES string of the molecule is CC(=O)c1sc(SCCC#N)nc1C. The van der Waals surface area contributed by atoms with E-state index in [0.29, 0.717) is 6.42 Å². The van der Waals surface area contributed by atoms with E-state index in [1.165, 1.54) is 23.1 Å². The average Bonchev–Trinajstić information content (AvgIpc) is 2.47. The van der Waals surface area contributed by atoms with E-state index in [2.05, 4.69) is 11.1 Å². The fraction of sp³-hybridized carbons (Fsp3) is 0.444. The number of hydrogen-bond acceptors (Lipinski definition) is 5. The summed E-state index contributed by atoms with van der Waals surface area (Å²) in [6, 6.07) is 2.07. The summed E-state index contributed by atoms with van der Waals surface area (Å²) in [4.78, 5) is 16.1. The lowest BCUT2D eigenvalue weighted by Gasteiger charge is -1.88. The monoisotopic (exact) mass is 226 g/mol. The minimum absolute atomic E-state index is 0.0622. The van der Waals surface area contributed by atoms with E-state index >= 15 is 0 Å². The summed E-state index contributed by atoms with van der Waals surface area (Å²) < 4.78 is 0.878. The van der Waals surface area contributed by atoms with Gasteiger partial charge in [-0.25, -0.2) is 4.98 Å². The first-order valence-electron chi connectivity index (χ1n) is 4.13. The molecule has 0 saturated heterocycles. The van der Waals surface area contributed by atoms with Crippen LogP contribution >= 0.6 is 23.1 Å². The zero-order chi connectivity index (χ0) is 10.6. The van der Waals surface area contributed by atoms with Crippen LogP contribution < -0.4 is 0 Å². The molecule has 0 bridgehead atoms. The van der Waals surface area contributed by atoms with Crippen LogP contribution in [0.3, 0.4) is 0 Å². The molecule has 74 valence electrons. The second-order valence-corrected chi connectivity index (χ2v) is 5.05. The van der Waals surface area contributed by atoms with E-state index in [-0.39, 0.29) is 5.78 Å².